The first kappa shape index (κ1) is 28.5. The van der Waals surface area contributed by atoms with Crippen LogP contribution in [-0.4, -0.2) is 50.6 Å². The van der Waals surface area contributed by atoms with Gasteiger partial charge in [0.2, 0.25) is 0 Å². The fraction of sp³-hybridized carbons (Fsp3) is 0.500. The van der Waals surface area contributed by atoms with Crippen LogP contribution in [0.2, 0.25) is 0 Å². The van der Waals surface area contributed by atoms with E-state index in [0.717, 1.165) is 11.1 Å². The smallest absolute Gasteiger partial charge is 0.313 e. The van der Waals surface area contributed by atoms with Crippen molar-refractivity contribution in [1.29, 1.82) is 0 Å². The molecule has 0 bridgehead atoms. The zero-order valence-corrected chi connectivity index (χ0v) is 21.3. The Hall–Kier alpha value is -2.74. The Kier molecular flexibility index (Phi) is 11.9. The molecule has 2 rings (SSSR count). The third-order valence-electron chi connectivity index (χ3n) is 5.12. The third kappa shape index (κ3) is 12.0. The summed E-state index contributed by atoms with van der Waals surface area (Å²) in [7, 11) is 0. The van der Waals surface area contributed by atoms with Gasteiger partial charge in [-0.05, 0) is 38.8 Å². The average Bonchev–Trinajstić information content (AvgIpc) is 2.83. The van der Waals surface area contributed by atoms with Gasteiger partial charge in [-0.1, -0.05) is 60.7 Å². The Labute approximate surface area is 208 Å². The fourth-order valence-corrected chi connectivity index (χ4v) is 3.10. The summed E-state index contributed by atoms with van der Waals surface area (Å²) in [4.78, 5) is 24.6. The van der Waals surface area contributed by atoms with E-state index in [-0.39, 0.29) is 44.8 Å². The average molecular weight is 487 g/mol. The maximum Gasteiger partial charge on any atom is 0.313 e. The summed E-state index contributed by atoms with van der Waals surface area (Å²) in [6, 6.07) is 19.4. The normalized spacial score (nSPS) is 11.8. The molecule has 0 fully saturated rings. The molecule has 0 atom stereocenters. The summed E-state index contributed by atoms with van der Waals surface area (Å²) >= 11 is 0. The quantitative estimate of drug-likeness (QED) is 0.251. The lowest BCUT2D eigenvalue weighted by atomic mass is 9.95. The Morgan fingerprint density at radius 1 is 0.686 bits per heavy atom. The lowest BCUT2D eigenvalue weighted by Crippen LogP contribution is -2.34. The second-order valence-corrected chi connectivity index (χ2v) is 9.54. The summed E-state index contributed by atoms with van der Waals surface area (Å²) in [6.45, 7) is 9.21. The van der Waals surface area contributed by atoms with Crippen molar-refractivity contribution < 1.29 is 33.3 Å². The lowest BCUT2D eigenvalue weighted by molar-refractivity contribution is -0.163. The molecule has 192 valence electrons. The zero-order valence-electron chi connectivity index (χ0n) is 21.3. The highest BCUT2D eigenvalue weighted by molar-refractivity contribution is 5.76. The minimum Gasteiger partial charge on any atom is -0.463 e. The third-order valence-corrected chi connectivity index (χ3v) is 5.12. The molecule has 2 aromatic rings. The van der Waals surface area contributed by atoms with Gasteiger partial charge in [-0.15, -0.1) is 0 Å². The molecule has 0 aliphatic rings. The number of hydrogen-bond donors (Lipinski definition) is 0. The van der Waals surface area contributed by atoms with Crippen LogP contribution in [-0.2, 0) is 46.5 Å². The number of ether oxygens (including phenoxy) is 5. The molecule has 0 saturated heterocycles. The van der Waals surface area contributed by atoms with Gasteiger partial charge in [0.15, 0.2) is 0 Å². The van der Waals surface area contributed by atoms with Crippen molar-refractivity contribution in [3.8, 4) is 0 Å². The molecule has 0 amide bonds. The van der Waals surface area contributed by atoms with Crippen molar-refractivity contribution in [1.82, 2.24) is 0 Å². The van der Waals surface area contributed by atoms with Gasteiger partial charge in [0.25, 0.3) is 0 Å². The highest BCUT2D eigenvalue weighted by atomic mass is 16.6. The lowest BCUT2D eigenvalue weighted by Gasteiger charge is -2.25. The van der Waals surface area contributed by atoms with Crippen LogP contribution in [0.25, 0.3) is 0 Å². The van der Waals surface area contributed by atoms with E-state index in [9.17, 15) is 9.59 Å². The predicted octanol–water partition coefficient (Wildman–Crippen LogP) is 4.72. The van der Waals surface area contributed by atoms with Crippen molar-refractivity contribution in [3.05, 3.63) is 71.8 Å². The Bertz CT molecular complexity index is 879. The molecule has 0 radical (unpaired) electrons. The van der Waals surface area contributed by atoms with E-state index in [1.54, 1.807) is 27.7 Å². The Balaban J connectivity index is 1.56. The van der Waals surface area contributed by atoms with E-state index in [2.05, 4.69) is 0 Å². The first-order valence-electron chi connectivity index (χ1n) is 11.9. The van der Waals surface area contributed by atoms with Crippen LogP contribution in [0.3, 0.4) is 0 Å². The number of benzene rings is 2. The highest BCUT2D eigenvalue weighted by Crippen LogP contribution is 2.19. The number of hydrogen-bond acceptors (Lipinski definition) is 7. The minimum atomic E-state index is -0.795. The molecule has 0 N–H and O–H groups in total. The van der Waals surface area contributed by atoms with Crippen molar-refractivity contribution in [2.24, 2.45) is 5.41 Å². The van der Waals surface area contributed by atoms with Gasteiger partial charge in [-0.3, -0.25) is 9.59 Å². The summed E-state index contributed by atoms with van der Waals surface area (Å²) in [6.07, 6.45) is 0.0967. The monoisotopic (exact) mass is 486 g/mol. The largest absolute Gasteiger partial charge is 0.463 e. The Morgan fingerprint density at radius 3 is 1.89 bits per heavy atom. The molecule has 7 nitrogen and oxygen atoms in total. The first-order valence-corrected chi connectivity index (χ1v) is 11.9. The van der Waals surface area contributed by atoms with Crippen molar-refractivity contribution in [2.45, 2.75) is 52.9 Å². The van der Waals surface area contributed by atoms with Gasteiger partial charge in [-0.2, -0.15) is 0 Å². The second kappa shape index (κ2) is 14.6. The van der Waals surface area contributed by atoms with E-state index in [1.807, 2.05) is 60.7 Å². The molecule has 7 heteroatoms. The van der Waals surface area contributed by atoms with E-state index in [1.165, 1.54) is 0 Å². The maximum absolute atomic E-state index is 12.4. The molecular formula is C28H38O7. The number of carbonyl (C=O) groups is 2. The van der Waals surface area contributed by atoms with Crippen LogP contribution in [0.1, 0.15) is 45.2 Å². The Morgan fingerprint density at radius 2 is 1.26 bits per heavy atom. The van der Waals surface area contributed by atoms with Crippen LogP contribution in [0, 0.1) is 5.41 Å². The zero-order chi connectivity index (χ0) is 25.6. The minimum absolute atomic E-state index is 0.0882. The van der Waals surface area contributed by atoms with Crippen LogP contribution in [0.15, 0.2) is 60.7 Å². The summed E-state index contributed by atoms with van der Waals surface area (Å²) in [5.74, 6) is -0.715. The van der Waals surface area contributed by atoms with Gasteiger partial charge in [0, 0.05) is 0 Å². The molecule has 0 spiro atoms. The molecule has 0 unspecified atom stereocenters. The van der Waals surface area contributed by atoms with E-state index >= 15 is 0 Å². The molecule has 2 aromatic carbocycles. The molecular weight excluding hydrogens is 448 g/mol. The van der Waals surface area contributed by atoms with Gasteiger partial charge >= 0.3 is 11.9 Å². The topological polar surface area (TPSA) is 80.3 Å². The van der Waals surface area contributed by atoms with Crippen LogP contribution in [0.5, 0.6) is 0 Å². The summed E-state index contributed by atoms with van der Waals surface area (Å²) < 4.78 is 27.6. The number of rotatable bonds is 16. The standard InChI is InChI=1S/C28H38O7/c1-27(2,22-32-16-15-31-20-23-11-7-5-8-12-23)26(30)33-17-18-35-28(3,4)19-25(29)34-21-24-13-9-6-10-14-24/h5-14H,15-22H2,1-4H3. The predicted molar refractivity (Wildman–Crippen MR) is 133 cm³/mol. The highest BCUT2D eigenvalue weighted by Gasteiger charge is 2.30. The SMILES string of the molecule is CC(C)(CC(=O)OCc1ccccc1)OCCOC(=O)C(C)(C)COCCOCc1ccccc1. The molecule has 0 saturated carbocycles. The van der Waals surface area contributed by atoms with E-state index in [0.29, 0.717) is 19.8 Å². The number of carbonyl (C=O) groups excluding carboxylic acids is 2. The number of esters is 2. The van der Waals surface area contributed by atoms with E-state index in [4.69, 9.17) is 23.7 Å². The summed E-state index contributed by atoms with van der Waals surface area (Å²) in [5.41, 5.74) is 0.498. The molecule has 0 aliphatic carbocycles. The first-order chi connectivity index (χ1) is 16.7. The van der Waals surface area contributed by atoms with Gasteiger partial charge in [0.05, 0.1) is 50.5 Å². The van der Waals surface area contributed by atoms with Crippen molar-refractivity contribution >= 4 is 11.9 Å². The van der Waals surface area contributed by atoms with Crippen LogP contribution >= 0.6 is 0 Å². The van der Waals surface area contributed by atoms with Gasteiger partial charge in [0.1, 0.15) is 13.2 Å². The van der Waals surface area contributed by atoms with Crippen LogP contribution in [0.4, 0.5) is 0 Å². The van der Waals surface area contributed by atoms with E-state index < -0.39 is 11.0 Å². The van der Waals surface area contributed by atoms with Crippen LogP contribution < -0.4 is 0 Å². The molecule has 35 heavy (non-hydrogen) atoms. The van der Waals surface area contributed by atoms with Gasteiger partial charge < -0.3 is 23.7 Å². The maximum atomic E-state index is 12.4. The summed E-state index contributed by atoms with van der Waals surface area (Å²) in [5, 5.41) is 0. The van der Waals surface area contributed by atoms with Crippen molar-refractivity contribution in [2.75, 3.05) is 33.0 Å². The van der Waals surface area contributed by atoms with Gasteiger partial charge in [-0.25, -0.2) is 0 Å². The molecule has 0 aliphatic heterocycles. The molecule has 0 heterocycles. The van der Waals surface area contributed by atoms with Crippen molar-refractivity contribution in [3.63, 3.8) is 0 Å². The fourth-order valence-electron chi connectivity index (χ4n) is 3.10. The second-order valence-electron chi connectivity index (χ2n) is 9.54. The molecule has 0 aromatic heterocycles.